The fourth-order valence-corrected chi connectivity index (χ4v) is 2.63. The molecule has 1 heterocycles. The minimum absolute atomic E-state index is 0.00672. The summed E-state index contributed by atoms with van der Waals surface area (Å²) in [6.45, 7) is 1.05. The average Bonchev–Trinajstić information content (AvgIpc) is 2.77. The molecule has 1 aromatic carbocycles. The van der Waals surface area contributed by atoms with E-state index < -0.39 is 0 Å². The molecule has 2 aromatic rings. The summed E-state index contributed by atoms with van der Waals surface area (Å²) in [7, 11) is 1.62. The van der Waals surface area contributed by atoms with Crippen LogP contribution in [0.3, 0.4) is 0 Å². The highest BCUT2D eigenvalue weighted by Crippen LogP contribution is 2.19. The first kappa shape index (κ1) is 15.2. The van der Waals surface area contributed by atoms with E-state index in [4.69, 9.17) is 16.3 Å². The van der Waals surface area contributed by atoms with Gasteiger partial charge in [-0.3, -0.25) is 9.48 Å². The number of halogens is 2. The smallest absolute Gasteiger partial charge is 0.186 e. The molecule has 2 rings (SSSR count). The lowest BCUT2D eigenvalue weighted by atomic mass is 10.1. The maximum Gasteiger partial charge on any atom is 0.186 e. The third-order valence-corrected chi connectivity index (χ3v) is 3.64. The van der Waals surface area contributed by atoms with Crippen LogP contribution >= 0.6 is 27.5 Å². The second-order valence-electron chi connectivity index (χ2n) is 4.29. The lowest BCUT2D eigenvalue weighted by molar-refractivity contribution is 0.0978. The minimum atomic E-state index is -0.00672. The molecule has 0 aliphatic carbocycles. The van der Waals surface area contributed by atoms with Gasteiger partial charge in [-0.2, -0.15) is 5.10 Å². The zero-order chi connectivity index (χ0) is 14.5. The van der Waals surface area contributed by atoms with Gasteiger partial charge in [0, 0.05) is 18.6 Å². The molecule has 0 atom stereocenters. The molecule has 0 spiro atoms. The van der Waals surface area contributed by atoms with E-state index in [-0.39, 0.29) is 12.2 Å². The number of hydrogen-bond donors (Lipinski definition) is 0. The van der Waals surface area contributed by atoms with Crippen LogP contribution in [0.25, 0.3) is 0 Å². The number of Topliss-reactive ketones (excluding diaryl/α,β-unsaturated/α-hetero) is 1. The summed E-state index contributed by atoms with van der Waals surface area (Å²) in [5.74, 6) is -0.00672. The van der Waals surface area contributed by atoms with Crippen molar-refractivity contribution in [2.45, 2.75) is 13.0 Å². The van der Waals surface area contributed by atoms with Crippen molar-refractivity contribution in [3.8, 4) is 0 Å². The summed E-state index contributed by atoms with van der Waals surface area (Å²) in [5, 5.41) is 4.80. The second-order valence-corrected chi connectivity index (χ2v) is 5.58. The molecule has 0 unspecified atom stereocenters. The largest absolute Gasteiger partial charge is 0.383 e. The van der Waals surface area contributed by atoms with Crippen molar-refractivity contribution < 1.29 is 9.53 Å². The van der Waals surface area contributed by atoms with Crippen molar-refractivity contribution in [1.29, 1.82) is 0 Å². The van der Waals surface area contributed by atoms with Gasteiger partial charge in [0.15, 0.2) is 5.78 Å². The number of ether oxygens (including phenoxy) is 1. The number of carbonyl (C=O) groups excluding carboxylic acids is 1. The molecule has 0 radical (unpaired) electrons. The molecule has 0 aliphatic rings. The monoisotopic (exact) mass is 356 g/mol. The molecular weight excluding hydrogens is 344 g/mol. The molecule has 106 valence electrons. The predicted molar refractivity (Wildman–Crippen MR) is 81.3 cm³/mol. The van der Waals surface area contributed by atoms with Crippen LogP contribution in [0.2, 0.25) is 5.02 Å². The van der Waals surface area contributed by atoms with Crippen molar-refractivity contribution in [1.82, 2.24) is 9.78 Å². The molecule has 0 N–H and O–H groups in total. The topological polar surface area (TPSA) is 44.1 Å². The highest BCUT2D eigenvalue weighted by Gasteiger charge is 2.17. The van der Waals surface area contributed by atoms with Crippen molar-refractivity contribution >= 4 is 33.3 Å². The maximum absolute atomic E-state index is 12.4. The Morgan fingerprint density at radius 3 is 3.00 bits per heavy atom. The van der Waals surface area contributed by atoms with Gasteiger partial charge in [0.2, 0.25) is 0 Å². The quantitative estimate of drug-likeness (QED) is 0.745. The molecule has 0 aliphatic heterocycles. The average molecular weight is 358 g/mol. The van der Waals surface area contributed by atoms with E-state index >= 15 is 0 Å². The zero-order valence-corrected chi connectivity index (χ0v) is 13.3. The Hall–Kier alpha value is -1.17. The van der Waals surface area contributed by atoms with Gasteiger partial charge in [0.25, 0.3) is 0 Å². The SMILES string of the molecule is COCCn1ncc(Br)c1C(=O)Cc1cccc(Cl)c1. The fourth-order valence-electron chi connectivity index (χ4n) is 1.90. The van der Waals surface area contributed by atoms with E-state index in [9.17, 15) is 4.79 Å². The van der Waals surface area contributed by atoms with Crippen LogP contribution in [0.4, 0.5) is 0 Å². The Balaban J connectivity index is 2.18. The Labute approximate surface area is 130 Å². The lowest BCUT2D eigenvalue weighted by Crippen LogP contribution is -2.15. The van der Waals surface area contributed by atoms with Gasteiger partial charge in [-0.05, 0) is 33.6 Å². The molecule has 0 fully saturated rings. The number of methoxy groups -OCH3 is 1. The van der Waals surface area contributed by atoms with Crippen LogP contribution in [-0.4, -0.2) is 29.3 Å². The number of rotatable bonds is 6. The molecule has 0 bridgehead atoms. The van der Waals surface area contributed by atoms with Gasteiger partial charge in [-0.1, -0.05) is 23.7 Å². The molecule has 0 saturated carbocycles. The highest BCUT2D eigenvalue weighted by molar-refractivity contribution is 9.10. The Bertz CT molecular complexity index is 613. The number of nitrogens with zero attached hydrogens (tertiary/aromatic N) is 2. The summed E-state index contributed by atoms with van der Waals surface area (Å²) in [4.78, 5) is 12.4. The van der Waals surface area contributed by atoms with E-state index in [1.165, 1.54) is 0 Å². The van der Waals surface area contributed by atoms with Crippen molar-refractivity contribution in [3.05, 3.63) is 51.2 Å². The number of hydrogen-bond acceptors (Lipinski definition) is 3. The van der Waals surface area contributed by atoms with Crippen LogP contribution in [0.1, 0.15) is 16.1 Å². The van der Waals surface area contributed by atoms with E-state index in [0.717, 1.165) is 5.56 Å². The summed E-state index contributed by atoms with van der Waals surface area (Å²) >= 11 is 9.30. The van der Waals surface area contributed by atoms with Crippen molar-refractivity contribution in [3.63, 3.8) is 0 Å². The summed E-state index contributed by atoms with van der Waals surface area (Å²) < 4.78 is 7.37. The van der Waals surface area contributed by atoms with E-state index in [2.05, 4.69) is 21.0 Å². The van der Waals surface area contributed by atoms with Crippen LogP contribution in [-0.2, 0) is 17.7 Å². The number of carbonyl (C=O) groups is 1. The molecule has 20 heavy (non-hydrogen) atoms. The van der Waals surface area contributed by atoms with E-state index in [0.29, 0.717) is 28.3 Å². The third kappa shape index (κ3) is 3.69. The second kappa shape index (κ2) is 7.02. The number of ketones is 1. The summed E-state index contributed by atoms with van der Waals surface area (Å²) in [5.41, 5.74) is 1.44. The van der Waals surface area contributed by atoms with Gasteiger partial charge >= 0.3 is 0 Å². The van der Waals surface area contributed by atoms with Crippen LogP contribution in [0.15, 0.2) is 34.9 Å². The number of benzene rings is 1. The summed E-state index contributed by atoms with van der Waals surface area (Å²) in [6.07, 6.45) is 1.92. The summed E-state index contributed by atoms with van der Waals surface area (Å²) in [6, 6.07) is 7.30. The molecule has 1 aromatic heterocycles. The molecule has 0 saturated heterocycles. The van der Waals surface area contributed by atoms with Crippen molar-refractivity contribution in [2.24, 2.45) is 0 Å². The third-order valence-electron chi connectivity index (χ3n) is 2.82. The van der Waals surface area contributed by atoms with Crippen LogP contribution in [0, 0.1) is 0 Å². The maximum atomic E-state index is 12.4. The minimum Gasteiger partial charge on any atom is -0.383 e. The number of aromatic nitrogens is 2. The first-order valence-electron chi connectivity index (χ1n) is 6.09. The van der Waals surface area contributed by atoms with Gasteiger partial charge in [-0.25, -0.2) is 0 Å². The Kier molecular flexibility index (Phi) is 5.34. The molecule has 6 heteroatoms. The van der Waals surface area contributed by atoms with Crippen LogP contribution in [0.5, 0.6) is 0 Å². The molecule has 0 amide bonds. The van der Waals surface area contributed by atoms with E-state index in [1.807, 2.05) is 12.1 Å². The zero-order valence-electron chi connectivity index (χ0n) is 11.0. The standard InChI is InChI=1S/C14H14BrClN2O2/c1-20-6-5-18-14(12(15)9-17-18)13(19)8-10-3-2-4-11(16)7-10/h2-4,7,9H,5-6,8H2,1H3. The highest BCUT2D eigenvalue weighted by atomic mass is 79.9. The Morgan fingerprint density at radius 2 is 2.30 bits per heavy atom. The van der Waals surface area contributed by atoms with Gasteiger partial charge in [-0.15, -0.1) is 0 Å². The van der Waals surface area contributed by atoms with Gasteiger partial charge in [0.05, 0.1) is 23.8 Å². The normalized spacial score (nSPS) is 10.8. The van der Waals surface area contributed by atoms with Crippen LogP contribution < -0.4 is 0 Å². The van der Waals surface area contributed by atoms with Gasteiger partial charge in [0.1, 0.15) is 5.69 Å². The Morgan fingerprint density at radius 1 is 1.50 bits per heavy atom. The van der Waals surface area contributed by atoms with Crippen molar-refractivity contribution in [2.75, 3.05) is 13.7 Å². The fraction of sp³-hybridized carbons (Fsp3) is 0.286. The first-order chi connectivity index (χ1) is 9.61. The van der Waals surface area contributed by atoms with E-state index in [1.54, 1.807) is 30.1 Å². The first-order valence-corrected chi connectivity index (χ1v) is 7.27. The predicted octanol–water partition coefficient (Wildman–Crippen LogP) is 3.37. The lowest BCUT2D eigenvalue weighted by Gasteiger charge is -2.07. The van der Waals surface area contributed by atoms with Gasteiger partial charge < -0.3 is 4.74 Å². The molecular formula is C14H14BrClN2O2. The molecule has 4 nitrogen and oxygen atoms in total.